The Morgan fingerprint density at radius 3 is 2.52 bits per heavy atom. The molecule has 0 aromatic heterocycles. The van der Waals surface area contributed by atoms with Gasteiger partial charge in [0.25, 0.3) is 11.6 Å². The van der Waals surface area contributed by atoms with E-state index in [2.05, 4.69) is 21.2 Å². The van der Waals surface area contributed by atoms with Gasteiger partial charge in [0.2, 0.25) is 0 Å². The summed E-state index contributed by atoms with van der Waals surface area (Å²) < 4.78 is 0.944. The molecule has 1 amide bonds. The van der Waals surface area contributed by atoms with Crippen LogP contribution in [0.3, 0.4) is 0 Å². The maximum absolute atomic E-state index is 12.1. The number of nitrogens with zero attached hydrogens (tertiary/aromatic N) is 1. The lowest BCUT2D eigenvalue weighted by Gasteiger charge is -2.07. The smallest absolute Gasteiger partial charge is 0.288 e. The van der Waals surface area contributed by atoms with E-state index in [0.29, 0.717) is 6.54 Å². The van der Waals surface area contributed by atoms with Crippen LogP contribution in [-0.2, 0) is 6.54 Å². The number of amides is 1. The van der Waals surface area contributed by atoms with Gasteiger partial charge in [0.1, 0.15) is 5.02 Å². The van der Waals surface area contributed by atoms with Gasteiger partial charge in [-0.1, -0.05) is 45.7 Å². The van der Waals surface area contributed by atoms with E-state index in [1.54, 1.807) is 0 Å². The summed E-state index contributed by atoms with van der Waals surface area (Å²) in [6, 6.07) is 11.6. The van der Waals surface area contributed by atoms with E-state index in [0.717, 1.165) is 10.0 Å². The van der Waals surface area contributed by atoms with Crippen LogP contribution in [0.4, 0.5) is 5.69 Å². The zero-order valence-corrected chi connectivity index (χ0v) is 13.0. The molecule has 1 N–H and O–H groups in total. The van der Waals surface area contributed by atoms with Crippen LogP contribution >= 0.6 is 27.5 Å². The van der Waals surface area contributed by atoms with Crippen molar-refractivity contribution in [3.8, 4) is 0 Å². The quantitative estimate of drug-likeness (QED) is 0.655. The summed E-state index contributed by atoms with van der Waals surface area (Å²) in [5.41, 5.74) is 0.712. The number of nitro groups is 1. The van der Waals surface area contributed by atoms with Crippen molar-refractivity contribution in [3.63, 3.8) is 0 Å². The Balaban J connectivity index is 2.12. The summed E-state index contributed by atoms with van der Waals surface area (Å²) in [6.45, 7) is 0.311. The fraction of sp³-hybridized carbons (Fsp3) is 0.0714. The van der Waals surface area contributed by atoms with Crippen LogP contribution in [0, 0.1) is 10.1 Å². The lowest BCUT2D eigenvalue weighted by molar-refractivity contribution is -0.384. The molecular formula is C14H10BrClN2O3. The number of nitrogens with one attached hydrogen (secondary N) is 1. The van der Waals surface area contributed by atoms with Gasteiger partial charge in [0, 0.05) is 17.1 Å². The number of nitro benzene ring substituents is 1. The molecule has 0 aliphatic heterocycles. The highest BCUT2D eigenvalue weighted by Gasteiger charge is 2.19. The first-order chi connectivity index (χ1) is 9.99. The van der Waals surface area contributed by atoms with Gasteiger partial charge in [-0.15, -0.1) is 0 Å². The number of rotatable bonds is 4. The molecule has 108 valence electrons. The first-order valence-corrected chi connectivity index (χ1v) is 7.11. The van der Waals surface area contributed by atoms with E-state index >= 15 is 0 Å². The van der Waals surface area contributed by atoms with Crippen molar-refractivity contribution in [2.24, 2.45) is 0 Å². The maximum Gasteiger partial charge on any atom is 0.288 e. The molecule has 2 aromatic rings. The van der Waals surface area contributed by atoms with Gasteiger partial charge in [-0.25, -0.2) is 0 Å². The number of carbonyl (C=O) groups is 1. The Morgan fingerprint density at radius 1 is 1.24 bits per heavy atom. The van der Waals surface area contributed by atoms with Crippen molar-refractivity contribution in [1.29, 1.82) is 0 Å². The topological polar surface area (TPSA) is 72.2 Å². The summed E-state index contributed by atoms with van der Waals surface area (Å²) in [7, 11) is 0. The van der Waals surface area contributed by atoms with Crippen molar-refractivity contribution in [1.82, 2.24) is 5.32 Å². The second-order valence-corrected chi connectivity index (χ2v) is 5.50. The van der Waals surface area contributed by atoms with E-state index in [1.807, 2.05) is 24.3 Å². The van der Waals surface area contributed by atoms with Crippen molar-refractivity contribution in [3.05, 3.63) is 73.2 Å². The maximum atomic E-state index is 12.1. The molecular weight excluding hydrogens is 360 g/mol. The highest BCUT2D eigenvalue weighted by atomic mass is 79.9. The first kappa shape index (κ1) is 15.5. The average molecular weight is 370 g/mol. The number of hydrogen-bond donors (Lipinski definition) is 1. The minimum absolute atomic E-state index is 0.0861. The molecule has 0 saturated heterocycles. The number of benzene rings is 2. The fourth-order valence-corrected chi connectivity index (χ4v) is 2.26. The number of carbonyl (C=O) groups excluding carboxylic acids is 1. The van der Waals surface area contributed by atoms with Crippen molar-refractivity contribution in [2.45, 2.75) is 6.54 Å². The predicted octanol–water partition coefficient (Wildman–Crippen LogP) is 3.94. The second kappa shape index (κ2) is 6.69. The van der Waals surface area contributed by atoms with Crippen LogP contribution in [0.1, 0.15) is 15.9 Å². The van der Waals surface area contributed by atoms with Crippen LogP contribution in [0.25, 0.3) is 0 Å². The van der Waals surface area contributed by atoms with Crippen molar-refractivity contribution >= 4 is 39.1 Å². The predicted molar refractivity (Wildman–Crippen MR) is 83.4 cm³/mol. The third-order valence-electron chi connectivity index (χ3n) is 2.79. The molecule has 0 heterocycles. The third-order valence-corrected chi connectivity index (χ3v) is 3.71. The molecule has 0 fully saturated rings. The highest BCUT2D eigenvalue weighted by molar-refractivity contribution is 9.10. The Kier molecular flexibility index (Phi) is 4.93. The molecule has 5 nitrogen and oxygen atoms in total. The van der Waals surface area contributed by atoms with Gasteiger partial charge >= 0.3 is 0 Å². The van der Waals surface area contributed by atoms with Gasteiger partial charge in [-0.2, -0.15) is 0 Å². The first-order valence-electron chi connectivity index (χ1n) is 5.94. The zero-order valence-electron chi connectivity index (χ0n) is 10.7. The Bertz CT molecular complexity index is 689. The summed E-state index contributed by atoms with van der Waals surface area (Å²) >= 11 is 9.22. The van der Waals surface area contributed by atoms with E-state index < -0.39 is 10.8 Å². The molecule has 21 heavy (non-hydrogen) atoms. The van der Waals surface area contributed by atoms with Crippen LogP contribution in [0.5, 0.6) is 0 Å². The Morgan fingerprint density at radius 2 is 1.90 bits per heavy atom. The van der Waals surface area contributed by atoms with Crippen molar-refractivity contribution < 1.29 is 9.72 Å². The van der Waals surface area contributed by atoms with E-state index in [4.69, 9.17) is 11.6 Å². The van der Waals surface area contributed by atoms with Gasteiger partial charge in [0.15, 0.2) is 0 Å². The fourth-order valence-electron chi connectivity index (χ4n) is 1.72. The molecule has 0 aliphatic rings. The van der Waals surface area contributed by atoms with E-state index in [1.165, 1.54) is 18.2 Å². The second-order valence-electron chi connectivity index (χ2n) is 4.20. The van der Waals surface area contributed by atoms with E-state index in [9.17, 15) is 14.9 Å². The summed E-state index contributed by atoms with van der Waals surface area (Å²) in [5.74, 6) is -0.452. The minimum atomic E-state index is -0.617. The van der Waals surface area contributed by atoms with Crippen LogP contribution < -0.4 is 5.32 Å². The van der Waals surface area contributed by atoms with Crippen LogP contribution in [0.15, 0.2) is 46.9 Å². The molecule has 0 saturated carbocycles. The van der Waals surface area contributed by atoms with Gasteiger partial charge in [-0.3, -0.25) is 14.9 Å². The average Bonchev–Trinajstić information content (AvgIpc) is 2.46. The molecule has 7 heteroatoms. The lowest BCUT2D eigenvalue weighted by Crippen LogP contribution is -2.23. The van der Waals surface area contributed by atoms with Crippen molar-refractivity contribution in [2.75, 3.05) is 0 Å². The molecule has 0 aliphatic carbocycles. The minimum Gasteiger partial charge on any atom is -0.348 e. The molecule has 0 spiro atoms. The van der Waals surface area contributed by atoms with Gasteiger partial charge < -0.3 is 5.32 Å². The SMILES string of the molecule is O=C(NCc1ccc(Br)cc1)c1cccc([N+](=O)[O-])c1Cl. The summed E-state index contributed by atoms with van der Waals surface area (Å²) in [4.78, 5) is 22.2. The molecule has 0 radical (unpaired) electrons. The number of hydrogen-bond acceptors (Lipinski definition) is 3. The van der Waals surface area contributed by atoms with Crippen LogP contribution in [-0.4, -0.2) is 10.8 Å². The number of halogens is 2. The third kappa shape index (κ3) is 3.80. The molecule has 2 rings (SSSR count). The standard InChI is InChI=1S/C14H10BrClN2O3/c15-10-6-4-9(5-7-10)8-17-14(19)11-2-1-3-12(13(11)16)18(20)21/h1-7H,8H2,(H,17,19). The zero-order chi connectivity index (χ0) is 15.4. The van der Waals surface area contributed by atoms with Gasteiger partial charge in [0.05, 0.1) is 10.5 Å². The normalized spacial score (nSPS) is 10.2. The Hall–Kier alpha value is -1.92. The van der Waals surface area contributed by atoms with Gasteiger partial charge in [-0.05, 0) is 23.8 Å². The largest absolute Gasteiger partial charge is 0.348 e. The summed E-state index contributed by atoms with van der Waals surface area (Å²) in [5, 5.41) is 13.3. The highest BCUT2D eigenvalue weighted by Crippen LogP contribution is 2.27. The molecule has 0 unspecified atom stereocenters. The van der Waals surface area contributed by atoms with Crippen LogP contribution in [0.2, 0.25) is 5.02 Å². The molecule has 0 bridgehead atoms. The summed E-state index contributed by atoms with van der Waals surface area (Å²) in [6.07, 6.45) is 0. The molecule has 0 atom stereocenters. The lowest BCUT2D eigenvalue weighted by atomic mass is 10.1. The van der Waals surface area contributed by atoms with E-state index in [-0.39, 0.29) is 16.3 Å². The monoisotopic (exact) mass is 368 g/mol. The molecule has 2 aromatic carbocycles. The Labute approximate surface area is 134 Å².